The summed E-state index contributed by atoms with van der Waals surface area (Å²) < 4.78 is 0. The third kappa shape index (κ3) is 2.87. The Morgan fingerprint density at radius 2 is 1.78 bits per heavy atom. The van der Waals surface area contributed by atoms with E-state index in [-0.39, 0.29) is 30.9 Å². The molecular weight excluding hydrogens is 254 g/mol. The number of nitrogens with zero attached hydrogens (tertiary/aromatic N) is 1. The summed E-state index contributed by atoms with van der Waals surface area (Å²) in [5.74, 6) is -0.586. The van der Waals surface area contributed by atoms with E-state index in [1.165, 1.54) is 0 Å². The van der Waals surface area contributed by atoms with Crippen LogP contribution in [0.4, 0.5) is 0 Å². The predicted octanol–water partition coefficient (Wildman–Crippen LogP) is 0.298. The molecule has 6 heteroatoms. The van der Waals surface area contributed by atoms with Gasteiger partial charge in [-0.3, -0.25) is 19.8 Å². The van der Waals surface area contributed by atoms with Crippen LogP contribution in [0.15, 0.2) is 24.3 Å². The summed E-state index contributed by atoms with van der Waals surface area (Å²) in [6.45, 7) is 0.689. The highest BCUT2D eigenvalue weighted by molar-refractivity contribution is 6.30. The van der Waals surface area contributed by atoms with Crippen LogP contribution in [0.2, 0.25) is 5.02 Å². The Morgan fingerprint density at radius 3 is 2.28 bits per heavy atom. The number of hydrogen-bond donors (Lipinski definition) is 2. The Hall–Kier alpha value is -1.43. The maximum Gasteiger partial charge on any atom is 0.240 e. The third-order valence-corrected chi connectivity index (χ3v) is 3.14. The molecule has 18 heavy (non-hydrogen) atoms. The van der Waals surface area contributed by atoms with Gasteiger partial charge in [0.1, 0.15) is 0 Å². The fourth-order valence-electron chi connectivity index (χ4n) is 2.06. The summed E-state index contributed by atoms with van der Waals surface area (Å²) in [5.41, 5.74) is 6.70. The Bertz CT molecular complexity index is 445. The number of benzene rings is 1. The highest BCUT2D eigenvalue weighted by atomic mass is 35.5. The van der Waals surface area contributed by atoms with E-state index >= 15 is 0 Å². The number of piperazine rings is 1. The van der Waals surface area contributed by atoms with E-state index in [1.54, 1.807) is 17.0 Å². The van der Waals surface area contributed by atoms with E-state index in [0.29, 0.717) is 11.6 Å². The average Bonchev–Trinajstić information content (AvgIpc) is 2.31. The standard InChI is InChI=1S/C12H14ClN3O2/c13-9-3-1-8(2-4-9)10(5-14)16-6-11(17)15-12(18)7-16/h1-4,10H,5-7,14H2,(H,15,17,18). The molecule has 1 aromatic carbocycles. The Balaban J connectivity index is 2.20. The number of carbonyl (C=O) groups excluding carboxylic acids is 2. The van der Waals surface area contributed by atoms with Crippen LogP contribution in [-0.2, 0) is 9.59 Å². The number of amides is 2. The molecule has 1 atom stereocenters. The van der Waals surface area contributed by atoms with Gasteiger partial charge in [0.15, 0.2) is 0 Å². The van der Waals surface area contributed by atoms with E-state index < -0.39 is 0 Å². The lowest BCUT2D eigenvalue weighted by atomic mass is 10.0. The van der Waals surface area contributed by atoms with Gasteiger partial charge in [0.05, 0.1) is 13.1 Å². The van der Waals surface area contributed by atoms with Gasteiger partial charge in [0, 0.05) is 17.6 Å². The minimum atomic E-state index is -0.293. The molecule has 1 heterocycles. The van der Waals surface area contributed by atoms with Crippen molar-refractivity contribution in [1.29, 1.82) is 0 Å². The molecule has 1 unspecified atom stereocenters. The largest absolute Gasteiger partial charge is 0.329 e. The summed E-state index contributed by atoms with van der Waals surface area (Å²) >= 11 is 5.83. The van der Waals surface area contributed by atoms with Crippen LogP contribution in [0.5, 0.6) is 0 Å². The second-order valence-electron chi connectivity index (χ2n) is 4.18. The zero-order valence-corrected chi connectivity index (χ0v) is 10.5. The molecule has 1 saturated heterocycles. The molecule has 96 valence electrons. The quantitative estimate of drug-likeness (QED) is 0.773. The number of hydrogen-bond acceptors (Lipinski definition) is 4. The minimum Gasteiger partial charge on any atom is -0.329 e. The predicted molar refractivity (Wildman–Crippen MR) is 68.0 cm³/mol. The third-order valence-electron chi connectivity index (χ3n) is 2.89. The van der Waals surface area contributed by atoms with Crippen LogP contribution < -0.4 is 11.1 Å². The van der Waals surface area contributed by atoms with E-state index in [4.69, 9.17) is 17.3 Å². The Kier molecular flexibility index (Phi) is 3.96. The molecule has 0 bridgehead atoms. The van der Waals surface area contributed by atoms with Gasteiger partial charge in [-0.15, -0.1) is 0 Å². The first-order chi connectivity index (χ1) is 8.60. The van der Waals surface area contributed by atoms with Gasteiger partial charge < -0.3 is 5.73 Å². The van der Waals surface area contributed by atoms with Gasteiger partial charge in [-0.1, -0.05) is 23.7 Å². The van der Waals surface area contributed by atoms with Crippen LogP contribution in [0, 0.1) is 0 Å². The first kappa shape index (κ1) is 13.0. The number of nitrogens with one attached hydrogen (secondary N) is 1. The lowest BCUT2D eigenvalue weighted by Crippen LogP contribution is -2.53. The van der Waals surface area contributed by atoms with Gasteiger partial charge in [-0.2, -0.15) is 0 Å². The SMILES string of the molecule is NCC(c1ccc(Cl)cc1)N1CC(=O)NC(=O)C1. The molecule has 1 fully saturated rings. The normalized spacial score (nSPS) is 18.6. The summed E-state index contributed by atoms with van der Waals surface area (Å²) in [7, 11) is 0. The summed E-state index contributed by atoms with van der Waals surface area (Å²) in [4.78, 5) is 24.5. The number of nitrogens with two attached hydrogens (primary N) is 1. The summed E-state index contributed by atoms with van der Waals surface area (Å²) in [6.07, 6.45) is 0. The van der Waals surface area contributed by atoms with Crippen LogP contribution in [0.1, 0.15) is 11.6 Å². The molecule has 0 radical (unpaired) electrons. The van der Waals surface area contributed by atoms with Gasteiger partial charge in [-0.25, -0.2) is 0 Å². The maximum absolute atomic E-state index is 11.4. The Morgan fingerprint density at radius 1 is 1.22 bits per heavy atom. The van der Waals surface area contributed by atoms with Gasteiger partial charge >= 0.3 is 0 Å². The molecule has 0 spiro atoms. The molecule has 1 aromatic rings. The van der Waals surface area contributed by atoms with E-state index in [0.717, 1.165) is 5.56 Å². The van der Waals surface area contributed by atoms with Gasteiger partial charge in [0.2, 0.25) is 11.8 Å². The van der Waals surface area contributed by atoms with E-state index in [1.807, 2.05) is 12.1 Å². The maximum atomic E-state index is 11.4. The second kappa shape index (κ2) is 5.48. The average molecular weight is 268 g/mol. The zero-order valence-electron chi connectivity index (χ0n) is 9.73. The lowest BCUT2D eigenvalue weighted by Gasteiger charge is -2.32. The first-order valence-electron chi connectivity index (χ1n) is 5.62. The van der Waals surface area contributed by atoms with Crippen molar-refractivity contribution in [3.8, 4) is 0 Å². The molecule has 2 rings (SSSR count). The molecule has 0 aromatic heterocycles. The van der Waals surface area contributed by atoms with Crippen LogP contribution in [0.25, 0.3) is 0 Å². The van der Waals surface area contributed by atoms with Gasteiger partial charge in [0.25, 0.3) is 0 Å². The lowest BCUT2D eigenvalue weighted by molar-refractivity contribution is -0.137. The van der Waals surface area contributed by atoms with Gasteiger partial charge in [-0.05, 0) is 17.7 Å². The molecule has 3 N–H and O–H groups in total. The fraction of sp³-hybridized carbons (Fsp3) is 0.333. The van der Waals surface area contributed by atoms with Crippen molar-refractivity contribution in [2.24, 2.45) is 5.73 Å². The zero-order chi connectivity index (χ0) is 13.1. The first-order valence-corrected chi connectivity index (χ1v) is 6.00. The van der Waals surface area contributed by atoms with Crippen LogP contribution >= 0.6 is 11.6 Å². The number of rotatable bonds is 3. The van der Waals surface area contributed by atoms with Crippen LogP contribution in [0.3, 0.4) is 0 Å². The monoisotopic (exact) mass is 267 g/mol. The summed E-state index contributed by atoms with van der Waals surface area (Å²) in [5, 5.41) is 2.91. The highest BCUT2D eigenvalue weighted by Crippen LogP contribution is 2.22. The number of imide groups is 1. The second-order valence-corrected chi connectivity index (χ2v) is 4.62. The number of halogens is 1. The molecule has 0 saturated carbocycles. The van der Waals surface area contributed by atoms with Crippen molar-refractivity contribution in [1.82, 2.24) is 10.2 Å². The number of carbonyl (C=O) groups is 2. The van der Waals surface area contributed by atoms with Crippen molar-refractivity contribution in [2.45, 2.75) is 6.04 Å². The van der Waals surface area contributed by atoms with Crippen molar-refractivity contribution in [2.75, 3.05) is 19.6 Å². The molecule has 2 amide bonds. The smallest absolute Gasteiger partial charge is 0.240 e. The van der Waals surface area contributed by atoms with E-state index in [9.17, 15) is 9.59 Å². The summed E-state index contributed by atoms with van der Waals surface area (Å²) in [6, 6.07) is 7.10. The molecule has 5 nitrogen and oxygen atoms in total. The molecule has 1 aliphatic rings. The van der Waals surface area contributed by atoms with Crippen LogP contribution in [-0.4, -0.2) is 36.3 Å². The fourth-order valence-corrected chi connectivity index (χ4v) is 2.19. The van der Waals surface area contributed by atoms with Crippen molar-refractivity contribution in [3.05, 3.63) is 34.9 Å². The highest BCUT2D eigenvalue weighted by Gasteiger charge is 2.28. The molecule has 1 aliphatic heterocycles. The van der Waals surface area contributed by atoms with Crippen molar-refractivity contribution < 1.29 is 9.59 Å². The minimum absolute atomic E-state index is 0.155. The van der Waals surface area contributed by atoms with Crippen molar-refractivity contribution in [3.63, 3.8) is 0 Å². The Labute approximate surface area is 110 Å². The molecular formula is C12H14ClN3O2. The topological polar surface area (TPSA) is 75.4 Å². The van der Waals surface area contributed by atoms with Crippen molar-refractivity contribution >= 4 is 23.4 Å². The molecule has 0 aliphatic carbocycles. The van der Waals surface area contributed by atoms with E-state index in [2.05, 4.69) is 5.32 Å².